The zero-order chi connectivity index (χ0) is 11.9. The molecule has 0 spiro atoms. The summed E-state index contributed by atoms with van der Waals surface area (Å²) >= 11 is 0. The van der Waals surface area contributed by atoms with Gasteiger partial charge in [-0.05, 0) is 12.8 Å². The second-order valence-electron chi connectivity index (χ2n) is 3.05. The fourth-order valence-corrected chi connectivity index (χ4v) is 2.27. The van der Waals surface area contributed by atoms with E-state index in [0.717, 1.165) is 0 Å². The van der Waals surface area contributed by atoms with Gasteiger partial charge in [-0.3, -0.25) is 4.18 Å². The monoisotopic (exact) mass is 259 g/mol. The Bertz CT molecular complexity index is 261. The normalized spacial score (nSPS) is 13.1. The van der Waals surface area contributed by atoms with E-state index in [-0.39, 0.29) is 25.6 Å². The van der Waals surface area contributed by atoms with Crippen molar-refractivity contribution in [1.82, 2.24) is 4.72 Å². The Balaban J connectivity index is 3.67. The summed E-state index contributed by atoms with van der Waals surface area (Å²) in [6.45, 7) is 1.88. The number of nitrogens with one attached hydrogen (secondary N) is 1. The van der Waals surface area contributed by atoms with E-state index in [0.29, 0.717) is 6.42 Å². The molecule has 9 heteroatoms. The van der Waals surface area contributed by atoms with Gasteiger partial charge in [0.2, 0.25) is 0 Å². The Labute approximate surface area is 90.3 Å². The van der Waals surface area contributed by atoms with Crippen molar-refractivity contribution in [3.63, 3.8) is 0 Å². The molecular formula is C6H17NO6SSi. The molecule has 0 aliphatic rings. The Morgan fingerprint density at radius 3 is 2.40 bits per heavy atom. The van der Waals surface area contributed by atoms with Crippen molar-refractivity contribution in [3.8, 4) is 0 Å². The van der Waals surface area contributed by atoms with Gasteiger partial charge in [-0.15, -0.1) is 0 Å². The van der Waals surface area contributed by atoms with Crippen molar-refractivity contribution in [3.05, 3.63) is 0 Å². The average molecular weight is 259 g/mol. The topological polar surface area (TPSA) is 116 Å². The minimum absolute atomic E-state index is 0.00246. The van der Waals surface area contributed by atoms with Crippen LogP contribution in [0, 0.1) is 0 Å². The smallest absolute Gasteiger partial charge is 0.390 e. The third-order valence-electron chi connectivity index (χ3n) is 1.41. The van der Waals surface area contributed by atoms with E-state index in [1.165, 1.54) is 0 Å². The highest BCUT2D eigenvalue weighted by Crippen LogP contribution is 2.00. The minimum Gasteiger partial charge on any atom is -0.390 e. The van der Waals surface area contributed by atoms with E-state index in [1.807, 2.05) is 0 Å². The molecule has 0 atom stereocenters. The highest BCUT2D eigenvalue weighted by atomic mass is 32.2. The summed E-state index contributed by atoms with van der Waals surface area (Å²) < 4.78 is 28.6. The number of hydrogen-bond acceptors (Lipinski definition) is 6. The molecule has 92 valence electrons. The second-order valence-corrected chi connectivity index (χ2v) is 6.53. The summed E-state index contributed by atoms with van der Waals surface area (Å²) in [6.07, 6.45) is 0.727. The zero-order valence-corrected chi connectivity index (χ0v) is 10.3. The van der Waals surface area contributed by atoms with Crippen LogP contribution in [-0.4, -0.2) is 44.8 Å². The summed E-state index contributed by atoms with van der Waals surface area (Å²) in [5.41, 5.74) is 0. The van der Waals surface area contributed by atoms with Crippen LogP contribution in [0.3, 0.4) is 0 Å². The van der Waals surface area contributed by atoms with E-state index < -0.39 is 19.1 Å². The zero-order valence-electron chi connectivity index (χ0n) is 8.51. The van der Waals surface area contributed by atoms with Crippen LogP contribution in [-0.2, 0) is 14.5 Å². The maximum atomic E-state index is 11.0. The van der Waals surface area contributed by atoms with Gasteiger partial charge < -0.3 is 14.4 Å². The first-order chi connectivity index (χ1) is 6.77. The molecular weight excluding hydrogens is 242 g/mol. The molecule has 0 aliphatic carbocycles. The van der Waals surface area contributed by atoms with Gasteiger partial charge in [-0.1, -0.05) is 6.92 Å². The number of hydrogen-bond donors (Lipinski definition) is 4. The fourth-order valence-electron chi connectivity index (χ4n) is 0.757. The van der Waals surface area contributed by atoms with Gasteiger partial charge in [-0.2, -0.15) is 13.1 Å². The van der Waals surface area contributed by atoms with Crippen LogP contribution in [0.4, 0.5) is 0 Å². The molecule has 0 aromatic heterocycles. The highest BCUT2D eigenvalue weighted by molar-refractivity contribution is 7.84. The molecule has 0 aromatic rings. The first-order valence-electron chi connectivity index (χ1n) is 4.58. The van der Waals surface area contributed by atoms with Crippen LogP contribution in [0.5, 0.6) is 0 Å². The molecule has 7 nitrogen and oxygen atoms in total. The summed E-state index contributed by atoms with van der Waals surface area (Å²) in [6, 6.07) is -0.205. The van der Waals surface area contributed by atoms with Crippen LogP contribution >= 0.6 is 0 Å². The van der Waals surface area contributed by atoms with Crippen molar-refractivity contribution >= 4 is 19.1 Å². The molecule has 0 saturated carbocycles. The lowest BCUT2D eigenvalue weighted by molar-refractivity contribution is 0.226. The molecule has 0 aliphatic heterocycles. The second kappa shape index (κ2) is 6.53. The van der Waals surface area contributed by atoms with Gasteiger partial charge in [0.05, 0.1) is 6.61 Å². The van der Waals surface area contributed by atoms with Crippen molar-refractivity contribution in [1.29, 1.82) is 0 Å². The maximum absolute atomic E-state index is 11.0. The Kier molecular flexibility index (Phi) is 6.51. The molecule has 0 unspecified atom stereocenters. The lowest BCUT2D eigenvalue weighted by atomic mass is 10.5. The molecule has 0 bridgehead atoms. The summed E-state index contributed by atoms with van der Waals surface area (Å²) in [7, 11) is -7.80. The Morgan fingerprint density at radius 1 is 1.33 bits per heavy atom. The van der Waals surface area contributed by atoms with Gasteiger partial charge >= 0.3 is 19.1 Å². The third-order valence-corrected chi connectivity index (χ3v) is 3.47. The predicted molar refractivity (Wildman–Crippen MR) is 55.0 cm³/mol. The van der Waals surface area contributed by atoms with E-state index in [1.54, 1.807) is 6.92 Å². The average Bonchev–Trinajstić information content (AvgIpc) is 2.08. The molecule has 0 saturated heterocycles. The molecule has 0 rings (SSSR count). The summed E-state index contributed by atoms with van der Waals surface area (Å²) in [5, 5.41) is 0. The third kappa shape index (κ3) is 10.3. The fraction of sp³-hybridized carbons (Fsp3) is 1.00. The molecule has 0 heterocycles. The highest BCUT2D eigenvalue weighted by Gasteiger charge is 2.25. The van der Waals surface area contributed by atoms with E-state index in [2.05, 4.69) is 8.91 Å². The Morgan fingerprint density at radius 2 is 1.93 bits per heavy atom. The lowest BCUT2D eigenvalue weighted by Gasteiger charge is -2.09. The van der Waals surface area contributed by atoms with Crippen molar-refractivity contribution in [2.45, 2.75) is 25.8 Å². The maximum Gasteiger partial charge on any atom is 0.492 e. The van der Waals surface area contributed by atoms with Gasteiger partial charge in [0, 0.05) is 12.6 Å². The van der Waals surface area contributed by atoms with Gasteiger partial charge in [0.15, 0.2) is 0 Å². The molecule has 0 aromatic carbocycles. The Hall–Kier alpha value is -0.0331. The number of rotatable bonds is 8. The van der Waals surface area contributed by atoms with Crippen LogP contribution in [0.15, 0.2) is 0 Å². The largest absolute Gasteiger partial charge is 0.492 e. The van der Waals surface area contributed by atoms with Crippen LogP contribution in [0.2, 0.25) is 6.04 Å². The first-order valence-corrected chi connectivity index (χ1v) is 8.03. The van der Waals surface area contributed by atoms with E-state index in [4.69, 9.17) is 14.4 Å². The lowest BCUT2D eigenvalue weighted by Crippen LogP contribution is -2.36. The first kappa shape index (κ1) is 15.0. The predicted octanol–water partition coefficient (Wildman–Crippen LogP) is -1.45. The molecule has 0 fully saturated rings. The van der Waals surface area contributed by atoms with Crippen LogP contribution in [0.1, 0.15) is 19.8 Å². The SMILES string of the molecule is CCCOS(=O)(=O)NCCC[Si](O)(O)O. The van der Waals surface area contributed by atoms with Gasteiger partial charge in [0.25, 0.3) is 0 Å². The van der Waals surface area contributed by atoms with Crippen molar-refractivity contribution in [2.75, 3.05) is 13.2 Å². The van der Waals surface area contributed by atoms with Crippen molar-refractivity contribution in [2.24, 2.45) is 0 Å². The summed E-state index contributed by atoms with van der Waals surface area (Å²) in [5.74, 6) is 0. The van der Waals surface area contributed by atoms with Crippen molar-refractivity contribution < 1.29 is 27.0 Å². The van der Waals surface area contributed by atoms with Crippen LogP contribution in [0.25, 0.3) is 0 Å². The van der Waals surface area contributed by atoms with E-state index >= 15 is 0 Å². The van der Waals surface area contributed by atoms with Gasteiger partial charge in [-0.25, -0.2) is 0 Å². The molecule has 0 radical (unpaired) electrons. The quantitative estimate of drug-likeness (QED) is 0.313. The minimum atomic E-state index is -4.05. The molecule has 15 heavy (non-hydrogen) atoms. The van der Waals surface area contributed by atoms with E-state index in [9.17, 15) is 8.42 Å². The van der Waals surface area contributed by atoms with Crippen LogP contribution < -0.4 is 4.72 Å². The van der Waals surface area contributed by atoms with Gasteiger partial charge in [0.1, 0.15) is 0 Å². The standard InChI is InChI=1S/C6H17NO6SSi/c1-2-5-13-14(8,9)7-4-3-6-15(10,11)12/h7,10-12H,2-6H2,1H3. The summed E-state index contributed by atoms with van der Waals surface area (Å²) in [4.78, 5) is 25.9. The molecule has 4 N–H and O–H groups in total. The molecule has 0 amide bonds.